The van der Waals surface area contributed by atoms with E-state index in [9.17, 15) is 0 Å². The van der Waals surface area contributed by atoms with Gasteiger partial charge in [0.15, 0.2) is 0 Å². The van der Waals surface area contributed by atoms with Crippen molar-refractivity contribution < 1.29 is 9.47 Å². The number of anilines is 1. The first-order valence-electron chi connectivity index (χ1n) is 6.94. The topological polar surface area (TPSA) is 30.5 Å². The molecule has 3 rings (SSSR count). The van der Waals surface area contributed by atoms with Crippen LogP contribution in [0.5, 0.6) is 5.75 Å². The minimum Gasteiger partial charge on any atom is -0.484 e. The van der Waals surface area contributed by atoms with Gasteiger partial charge in [0.05, 0.1) is 25.4 Å². The standard InChI is InChI=1S/C17H19NO2/c1-13-7-8-16-17(9-13)20-15(10-18-16)12-19-11-14-5-3-2-4-6-14/h2-9,15,18H,10-12H2,1H3. The van der Waals surface area contributed by atoms with Crippen LogP contribution < -0.4 is 10.1 Å². The van der Waals surface area contributed by atoms with Gasteiger partial charge in [-0.1, -0.05) is 36.4 Å². The molecule has 3 nitrogen and oxygen atoms in total. The molecule has 1 atom stereocenters. The van der Waals surface area contributed by atoms with Crippen LogP contribution in [0.4, 0.5) is 5.69 Å². The van der Waals surface area contributed by atoms with E-state index in [-0.39, 0.29) is 6.10 Å². The normalized spacial score (nSPS) is 16.9. The third-order valence-electron chi connectivity index (χ3n) is 3.37. The Hall–Kier alpha value is -2.00. The van der Waals surface area contributed by atoms with Gasteiger partial charge in [-0.15, -0.1) is 0 Å². The average molecular weight is 269 g/mol. The van der Waals surface area contributed by atoms with Gasteiger partial charge in [0.2, 0.25) is 0 Å². The Bertz CT molecular complexity index is 568. The number of aryl methyl sites for hydroxylation is 1. The Kier molecular flexibility index (Phi) is 3.88. The lowest BCUT2D eigenvalue weighted by atomic mass is 10.1. The van der Waals surface area contributed by atoms with E-state index in [4.69, 9.17) is 9.47 Å². The number of hydrogen-bond donors (Lipinski definition) is 1. The van der Waals surface area contributed by atoms with Crippen molar-refractivity contribution in [2.45, 2.75) is 19.6 Å². The second-order valence-electron chi connectivity index (χ2n) is 5.12. The molecule has 2 aromatic carbocycles. The highest BCUT2D eigenvalue weighted by atomic mass is 16.5. The van der Waals surface area contributed by atoms with Crippen LogP contribution in [-0.4, -0.2) is 19.3 Å². The first-order chi connectivity index (χ1) is 9.81. The van der Waals surface area contributed by atoms with Gasteiger partial charge in [0.25, 0.3) is 0 Å². The molecule has 0 spiro atoms. The molecule has 1 aliphatic heterocycles. The summed E-state index contributed by atoms with van der Waals surface area (Å²) in [6.07, 6.45) is 0.0630. The summed E-state index contributed by atoms with van der Waals surface area (Å²) in [7, 11) is 0. The Morgan fingerprint density at radius 3 is 2.90 bits per heavy atom. The van der Waals surface area contributed by atoms with Crippen LogP contribution in [-0.2, 0) is 11.3 Å². The van der Waals surface area contributed by atoms with Crippen molar-refractivity contribution in [2.75, 3.05) is 18.5 Å². The highest BCUT2D eigenvalue weighted by Gasteiger charge is 2.19. The average Bonchev–Trinajstić information content (AvgIpc) is 2.48. The number of benzene rings is 2. The number of nitrogens with one attached hydrogen (secondary N) is 1. The first-order valence-corrected chi connectivity index (χ1v) is 6.94. The Balaban J connectivity index is 1.53. The largest absolute Gasteiger partial charge is 0.484 e. The van der Waals surface area contributed by atoms with Crippen molar-refractivity contribution in [3.05, 3.63) is 59.7 Å². The zero-order chi connectivity index (χ0) is 13.8. The number of rotatable bonds is 4. The quantitative estimate of drug-likeness (QED) is 0.923. The van der Waals surface area contributed by atoms with Gasteiger partial charge in [-0.25, -0.2) is 0 Å². The second kappa shape index (κ2) is 5.97. The molecule has 0 saturated heterocycles. The van der Waals surface area contributed by atoms with Crippen LogP contribution in [0.1, 0.15) is 11.1 Å². The SMILES string of the molecule is Cc1ccc2c(c1)OC(COCc1ccccc1)CN2. The third-order valence-corrected chi connectivity index (χ3v) is 3.37. The lowest BCUT2D eigenvalue weighted by Gasteiger charge is -2.27. The minimum absolute atomic E-state index is 0.0630. The Morgan fingerprint density at radius 1 is 1.20 bits per heavy atom. The van der Waals surface area contributed by atoms with Crippen LogP contribution in [0.15, 0.2) is 48.5 Å². The summed E-state index contributed by atoms with van der Waals surface area (Å²) in [6.45, 7) is 4.07. The van der Waals surface area contributed by atoms with Gasteiger partial charge in [-0.3, -0.25) is 0 Å². The Labute approximate surface area is 119 Å². The fourth-order valence-electron chi connectivity index (χ4n) is 2.29. The molecule has 1 aliphatic rings. The molecule has 0 amide bonds. The van der Waals surface area contributed by atoms with Crippen molar-refractivity contribution in [3.8, 4) is 5.75 Å². The van der Waals surface area contributed by atoms with Crippen LogP contribution in [0.25, 0.3) is 0 Å². The molecule has 0 aliphatic carbocycles. The third kappa shape index (κ3) is 3.11. The van der Waals surface area contributed by atoms with Crippen molar-refractivity contribution in [2.24, 2.45) is 0 Å². The zero-order valence-electron chi connectivity index (χ0n) is 11.6. The predicted molar refractivity (Wildman–Crippen MR) is 80.2 cm³/mol. The van der Waals surface area contributed by atoms with Crippen LogP contribution in [0, 0.1) is 6.92 Å². The van der Waals surface area contributed by atoms with E-state index in [1.165, 1.54) is 11.1 Å². The molecule has 104 valence electrons. The summed E-state index contributed by atoms with van der Waals surface area (Å²) in [6, 6.07) is 16.4. The molecule has 0 bridgehead atoms. The van der Waals surface area contributed by atoms with Crippen LogP contribution in [0.3, 0.4) is 0 Å². The molecule has 1 N–H and O–H groups in total. The van der Waals surface area contributed by atoms with E-state index in [1.54, 1.807) is 0 Å². The van der Waals surface area contributed by atoms with Crippen LogP contribution in [0.2, 0.25) is 0 Å². The molecule has 0 saturated carbocycles. The highest BCUT2D eigenvalue weighted by molar-refractivity contribution is 5.59. The van der Waals surface area contributed by atoms with E-state index < -0.39 is 0 Å². The molecule has 0 aromatic heterocycles. The molecule has 1 heterocycles. The lowest BCUT2D eigenvalue weighted by Crippen LogP contribution is -2.34. The molecular formula is C17H19NO2. The fourth-order valence-corrected chi connectivity index (χ4v) is 2.29. The second-order valence-corrected chi connectivity index (χ2v) is 5.12. The molecule has 3 heteroatoms. The zero-order valence-corrected chi connectivity index (χ0v) is 11.6. The molecular weight excluding hydrogens is 250 g/mol. The van der Waals surface area contributed by atoms with Gasteiger partial charge in [0, 0.05) is 0 Å². The number of fused-ring (bicyclic) bond motifs is 1. The molecule has 0 radical (unpaired) electrons. The van der Waals surface area contributed by atoms with E-state index in [2.05, 4.69) is 42.6 Å². The van der Waals surface area contributed by atoms with Gasteiger partial charge in [0.1, 0.15) is 11.9 Å². The summed E-state index contributed by atoms with van der Waals surface area (Å²) in [4.78, 5) is 0. The van der Waals surface area contributed by atoms with Gasteiger partial charge >= 0.3 is 0 Å². The maximum Gasteiger partial charge on any atom is 0.143 e. The molecule has 1 unspecified atom stereocenters. The smallest absolute Gasteiger partial charge is 0.143 e. The van der Waals surface area contributed by atoms with Crippen molar-refractivity contribution in [1.82, 2.24) is 0 Å². The van der Waals surface area contributed by atoms with Crippen molar-refractivity contribution >= 4 is 5.69 Å². The summed E-state index contributed by atoms with van der Waals surface area (Å²) in [5.74, 6) is 0.921. The highest BCUT2D eigenvalue weighted by Crippen LogP contribution is 2.29. The predicted octanol–water partition coefficient (Wildman–Crippen LogP) is 3.38. The monoisotopic (exact) mass is 269 g/mol. The van der Waals surface area contributed by atoms with Gasteiger partial charge in [-0.05, 0) is 30.2 Å². The first kappa shape index (κ1) is 13.0. The minimum atomic E-state index is 0.0630. The Morgan fingerprint density at radius 2 is 2.05 bits per heavy atom. The van der Waals surface area contributed by atoms with E-state index >= 15 is 0 Å². The number of ether oxygens (including phenoxy) is 2. The summed E-state index contributed by atoms with van der Waals surface area (Å²) in [5.41, 5.74) is 3.46. The molecule has 20 heavy (non-hydrogen) atoms. The fraction of sp³-hybridized carbons (Fsp3) is 0.294. The van der Waals surface area contributed by atoms with E-state index in [0.717, 1.165) is 18.0 Å². The summed E-state index contributed by atoms with van der Waals surface area (Å²) in [5, 5.41) is 3.38. The maximum absolute atomic E-state index is 5.96. The summed E-state index contributed by atoms with van der Waals surface area (Å²) < 4.78 is 11.7. The lowest BCUT2D eigenvalue weighted by molar-refractivity contribution is 0.0441. The maximum atomic E-state index is 5.96. The van der Waals surface area contributed by atoms with Crippen molar-refractivity contribution in [3.63, 3.8) is 0 Å². The number of hydrogen-bond acceptors (Lipinski definition) is 3. The molecule has 0 fully saturated rings. The summed E-state index contributed by atoms with van der Waals surface area (Å²) >= 11 is 0. The van der Waals surface area contributed by atoms with E-state index in [0.29, 0.717) is 13.2 Å². The van der Waals surface area contributed by atoms with Crippen LogP contribution >= 0.6 is 0 Å². The van der Waals surface area contributed by atoms with Crippen molar-refractivity contribution in [1.29, 1.82) is 0 Å². The van der Waals surface area contributed by atoms with E-state index in [1.807, 2.05) is 18.2 Å². The molecule has 2 aromatic rings. The van der Waals surface area contributed by atoms with Gasteiger partial charge < -0.3 is 14.8 Å². The van der Waals surface area contributed by atoms with Gasteiger partial charge in [-0.2, -0.15) is 0 Å².